The van der Waals surface area contributed by atoms with Crippen molar-refractivity contribution in [3.05, 3.63) is 34.7 Å². The average molecular weight is 358 g/mol. The lowest BCUT2D eigenvalue weighted by molar-refractivity contribution is 0.0738. The predicted molar refractivity (Wildman–Crippen MR) is 104 cm³/mol. The lowest BCUT2D eigenvalue weighted by atomic mass is 10.0. The fourth-order valence-corrected chi connectivity index (χ4v) is 4.48. The number of aromatic nitrogens is 1. The van der Waals surface area contributed by atoms with Gasteiger partial charge in [-0.25, -0.2) is 4.98 Å². The Kier molecular flexibility index (Phi) is 5.34. The number of thiazole rings is 1. The number of rotatable bonds is 4. The number of aryl methyl sites for hydroxylation is 1. The van der Waals surface area contributed by atoms with Gasteiger partial charge in [0.05, 0.1) is 10.7 Å². The summed E-state index contributed by atoms with van der Waals surface area (Å²) in [5, 5.41) is 7.13. The number of ether oxygens (including phenoxy) is 1. The molecule has 0 atom stereocenters. The van der Waals surface area contributed by atoms with E-state index in [9.17, 15) is 0 Å². The average Bonchev–Trinajstić information content (AvgIpc) is 3.10. The first-order valence-corrected chi connectivity index (χ1v) is 10.3. The molecule has 0 bridgehead atoms. The number of nitrogens with one attached hydrogen (secondary N) is 1. The molecular weight excluding hydrogens is 330 g/mol. The van der Waals surface area contributed by atoms with E-state index < -0.39 is 0 Å². The summed E-state index contributed by atoms with van der Waals surface area (Å²) in [6.07, 6.45) is 4.76. The zero-order valence-electron chi connectivity index (χ0n) is 14.9. The topological polar surface area (TPSA) is 37.4 Å². The normalized spacial score (nSPS) is 20.1. The highest BCUT2D eigenvalue weighted by atomic mass is 32.1. The van der Waals surface area contributed by atoms with E-state index in [1.807, 2.05) is 0 Å². The van der Waals surface area contributed by atoms with E-state index in [0.717, 1.165) is 49.8 Å². The van der Waals surface area contributed by atoms with E-state index in [1.54, 1.807) is 11.3 Å². The highest BCUT2D eigenvalue weighted by Crippen LogP contribution is 2.27. The van der Waals surface area contributed by atoms with Gasteiger partial charge in [0.25, 0.3) is 0 Å². The summed E-state index contributed by atoms with van der Waals surface area (Å²) in [7, 11) is 0. The number of benzene rings is 1. The zero-order valence-corrected chi connectivity index (χ0v) is 15.7. The van der Waals surface area contributed by atoms with Crippen molar-refractivity contribution in [2.75, 3.05) is 31.2 Å². The quantitative estimate of drug-likeness (QED) is 0.902. The minimum atomic E-state index is 0.654. The molecule has 2 saturated heterocycles. The molecule has 0 unspecified atom stereocenters. The van der Waals surface area contributed by atoms with Crippen molar-refractivity contribution in [2.45, 2.75) is 44.7 Å². The molecule has 1 N–H and O–H groups in total. The molecule has 0 spiro atoms. The van der Waals surface area contributed by atoms with Crippen molar-refractivity contribution in [2.24, 2.45) is 0 Å². The van der Waals surface area contributed by atoms with Gasteiger partial charge < -0.3 is 15.0 Å². The molecule has 0 radical (unpaired) electrons. The molecule has 2 fully saturated rings. The van der Waals surface area contributed by atoms with Gasteiger partial charge in [-0.3, -0.25) is 0 Å². The maximum atomic E-state index is 5.46. The molecule has 4 nitrogen and oxygen atoms in total. The predicted octanol–water partition coefficient (Wildman–Crippen LogP) is 3.86. The van der Waals surface area contributed by atoms with Crippen LogP contribution in [0.15, 0.2) is 29.6 Å². The molecule has 5 heteroatoms. The first-order chi connectivity index (χ1) is 12.3. The molecular formula is C20H27N3OS. The van der Waals surface area contributed by atoms with Crippen LogP contribution >= 0.6 is 11.3 Å². The summed E-state index contributed by atoms with van der Waals surface area (Å²) in [4.78, 5) is 7.14. The molecule has 2 aliphatic heterocycles. The SMILES string of the molecule is Cc1nc(-c2cccc(N3CCC(NC4CCOCC4)CC3)c2)cs1. The van der Waals surface area contributed by atoms with Gasteiger partial charge in [-0.1, -0.05) is 12.1 Å². The third kappa shape index (κ3) is 4.22. The van der Waals surface area contributed by atoms with Crippen molar-refractivity contribution in [1.82, 2.24) is 10.3 Å². The number of anilines is 1. The number of hydrogen-bond donors (Lipinski definition) is 1. The van der Waals surface area contributed by atoms with Gasteiger partial charge in [-0.05, 0) is 44.7 Å². The van der Waals surface area contributed by atoms with Crippen LogP contribution in [0, 0.1) is 6.92 Å². The summed E-state index contributed by atoms with van der Waals surface area (Å²) in [5.74, 6) is 0. The second kappa shape index (κ2) is 7.85. The van der Waals surface area contributed by atoms with Gasteiger partial charge in [0.1, 0.15) is 0 Å². The Morgan fingerprint density at radius 3 is 2.60 bits per heavy atom. The standard InChI is InChI=1S/C20H27N3OS/c1-15-21-20(14-25-15)16-3-2-4-19(13-16)23-9-5-17(6-10-23)22-18-7-11-24-12-8-18/h2-4,13-14,17-18,22H,5-12H2,1H3. The van der Waals surface area contributed by atoms with Crippen LogP contribution in [0.1, 0.15) is 30.7 Å². The fraction of sp³-hybridized carbons (Fsp3) is 0.550. The van der Waals surface area contributed by atoms with Crippen molar-refractivity contribution in [1.29, 1.82) is 0 Å². The van der Waals surface area contributed by atoms with Crippen LogP contribution in [0.2, 0.25) is 0 Å². The van der Waals surface area contributed by atoms with E-state index in [4.69, 9.17) is 4.74 Å². The van der Waals surface area contributed by atoms with Crippen molar-refractivity contribution in [3.8, 4) is 11.3 Å². The second-order valence-electron chi connectivity index (χ2n) is 7.12. The Hall–Kier alpha value is -1.43. The van der Waals surface area contributed by atoms with Gasteiger partial charge in [0.15, 0.2) is 0 Å². The maximum Gasteiger partial charge on any atom is 0.0901 e. The van der Waals surface area contributed by atoms with E-state index in [2.05, 4.69) is 51.8 Å². The lowest BCUT2D eigenvalue weighted by Crippen LogP contribution is -2.47. The van der Waals surface area contributed by atoms with E-state index in [1.165, 1.54) is 24.1 Å². The lowest BCUT2D eigenvalue weighted by Gasteiger charge is -2.36. The molecule has 0 saturated carbocycles. The molecule has 25 heavy (non-hydrogen) atoms. The Morgan fingerprint density at radius 1 is 1.12 bits per heavy atom. The van der Waals surface area contributed by atoms with Crippen molar-refractivity contribution < 1.29 is 4.74 Å². The van der Waals surface area contributed by atoms with Gasteiger partial charge in [0.2, 0.25) is 0 Å². The third-order valence-electron chi connectivity index (χ3n) is 5.31. The Morgan fingerprint density at radius 2 is 1.88 bits per heavy atom. The van der Waals surface area contributed by atoms with Crippen molar-refractivity contribution >= 4 is 17.0 Å². The first kappa shape index (κ1) is 17.0. The highest BCUT2D eigenvalue weighted by molar-refractivity contribution is 7.09. The Balaban J connectivity index is 1.36. The van der Waals surface area contributed by atoms with Crippen molar-refractivity contribution in [3.63, 3.8) is 0 Å². The van der Waals surface area contributed by atoms with E-state index in [-0.39, 0.29) is 0 Å². The summed E-state index contributed by atoms with van der Waals surface area (Å²) >= 11 is 1.72. The third-order valence-corrected chi connectivity index (χ3v) is 6.09. The van der Waals surface area contributed by atoms with Gasteiger partial charge in [-0.15, -0.1) is 11.3 Å². The van der Waals surface area contributed by atoms with E-state index >= 15 is 0 Å². The Labute approximate surface area is 154 Å². The molecule has 2 aliphatic rings. The molecule has 0 amide bonds. The summed E-state index contributed by atoms with van der Waals surface area (Å²) < 4.78 is 5.46. The van der Waals surface area contributed by atoms with E-state index in [0.29, 0.717) is 12.1 Å². The van der Waals surface area contributed by atoms with Crippen LogP contribution in [0.25, 0.3) is 11.3 Å². The van der Waals surface area contributed by atoms with Gasteiger partial charge in [0, 0.05) is 55.0 Å². The summed E-state index contributed by atoms with van der Waals surface area (Å²) in [6, 6.07) is 10.2. The van der Waals surface area contributed by atoms with Crippen LogP contribution in [0.4, 0.5) is 5.69 Å². The summed E-state index contributed by atoms with van der Waals surface area (Å²) in [6.45, 7) is 6.15. The molecule has 0 aliphatic carbocycles. The molecule has 134 valence electrons. The van der Waals surface area contributed by atoms with Crippen LogP contribution < -0.4 is 10.2 Å². The zero-order chi connectivity index (χ0) is 17.1. The number of hydrogen-bond acceptors (Lipinski definition) is 5. The highest BCUT2D eigenvalue weighted by Gasteiger charge is 2.23. The van der Waals surface area contributed by atoms with Gasteiger partial charge in [-0.2, -0.15) is 0 Å². The largest absolute Gasteiger partial charge is 0.381 e. The van der Waals surface area contributed by atoms with Crippen LogP contribution in [-0.4, -0.2) is 43.4 Å². The molecule has 2 aromatic rings. The minimum absolute atomic E-state index is 0.654. The fourth-order valence-electron chi connectivity index (χ4n) is 3.86. The molecule has 1 aromatic carbocycles. The van der Waals surface area contributed by atoms with Gasteiger partial charge >= 0.3 is 0 Å². The molecule has 1 aromatic heterocycles. The van der Waals surface area contributed by atoms with Crippen LogP contribution in [0.3, 0.4) is 0 Å². The summed E-state index contributed by atoms with van der Waals surface area (Å²) in [5.41, 5.74) is 3.65. The molecule has 4 rings (SSSR count). The Bertz CT molecular complexity index is 688. The smallest absolute Gasteiger partial charge is 0.0901 e. The van der Waals surface area contributed by atoms with Crippen LogP contribution in [-0.2, 0) is 4.74 Å². The molecule has 3 heterocycles. The first-order valence-electron chi connectivity index (χ1n) is 9.39. The maximum absolute atomic E-state index is 5.46. The number of nitrogens with zero attached hydrogens (tertiary/aromatic N) is 2. The second-order valence-corrected chi connectivity index (χ2v) is 8.18. The number of piperidine rings is 1. The minimum Gasteiger partial charge on any atom is -0.381 e. The van der Waals surface area contributed by atoms with Crippen LogP contribution in [0.5, 0.6) is 0 Å². The monoisotopic (exact) mass is 357 g/mol.